The number of likely N-dealkylation sites (N-methyl/N-ethyl adjacent to an activating group) is 2. The number of rotatable bonds is 8. The number of carbonyl (C=O) groups is 2. The largest absolute Gasteiger partial charge is 0.342 e. The molecule has 1 atom stereocenters. The molecule has 8 nitrogen and oxygen atoms in total. The zero-order chi connectivity index (χ0) is 18.2. The van der Waals surface area contributed by atoms with E-state index in [9.17, 15) is 9.59 Å². The molecular formula is C17H24N6O2. The maximum Gasteiger partial charge on any atom is 0.248 e. The summed E-state index contributed by atoms with van der Waals surface area (Å²) in [5.74, 6) is -0.271. The zero-order valence-corrected chi connectivity index (χ0v) is 14.9. The lowest BCUT2D eigenvalue weighted by Crippen LogP contribution is -2.43. The minimum Gasteiger partial charge on any atom is -0.342 e. The van der Waals surface area contributed by atoms with Crippen molar-refractivity contribution in [2.45, 2.75) is 26.3 Å². The van der Waals surface area contributed by atoms with Crippen LogP contribution < -0.4 is 0 Å². The van der Waals surface area contributed by atoms with E-state index in [0.29, 0.717) is 19.5 Å². The summed E-state index contributed by atoms with van der Waals surface area (Å²) in [5.41, 5.74) is 1.000. The molecule has 0 spiro atoms. The third-order valence-electron chi connectivity index (χ3n) is 4.11. The van der Waals surface area contributed by atoms with Crippen molar-refractivity contribution in [3.8, 4) is 0 Å². The Kier molecular flexibility index (Phi) is 6.62. The van der Waals surface area contributed by atoms with E-state index in [1.807, 2.05) is 44.2 Å². The van der Waals surface area contributed by atoms with Crippen molar-refractivity contribution in [3.05, 3.63) is 42.2 Å². The molecule has 0 radical (unpaired) electrons. The first-order chi connectivity index (χ1) is 12.1. The van der Waals surface area contributed by atoms with Gasteiger partial charge in [-0.05, 0) is 29.8 Å². The number of aromatic nitrogens is 4. The van der Waals surface area contributed by atoms with Gasteiger partial charge in [0.05, 0.1) is 6.54 Å². The van der Waals surface area contributed by atoms with Crippen LogP contribution in [0.2, 0.25) is 0 Å². The summed E-state index contributed by atoms with van der Waals surface area (Å²) >= 11 is 0. The molecule has 0 aliphatic heterocycles. The molecular weight excluding hydrogens is 320 g/mol. The lowest BCUT2D eigenvalue weighted by molar-refractivity contribution is -0.141. The summed E-state index contributed by atoms with van der Waals surface area (Å²) in [7, 11) is 1.63. The van der Waals surface area contributed by atoms with Crippen LogP contribution in [0.15, 0.2) is 36.7 Å². The number of benzene rings is 1. The Labute approximate surface area is 147 Å². The molecule has 25 heavy (non-hydrogen) atoms. The van der Waals surface area contributed by atoms with Crippen molar-refractivity contribution in [2.24, 2.45) is 0 Å². The van der Waals surface area contributed by atoms with Crippen molar-refractivity contribution < 1.29 is 9.59 Å². The molecule has 0 saturated carbocycles. The van der Waals surface area contributed by atoms with Crippen LogP contribution in [0, 0.1) is 0 Å². The van der Waals surface area contributed by atoms with Gasteiger partial charge in [0.15, 0.2) is 0 Å². The van der Waals surface area contributed by atoms with E-state index in [4.69, 9.17) is 0 Å². The van der Waals surface area contributed by atoms with Gasteiger partial charge in [0.2, 0.25) is 11.8 Å². The van der Waals surface area contributed by atoms with Gasteiger partial charge in [0, 0.05) is 26.6 Å². The van der Waals surface area contributed by atoms with Crippen LogP contribution in [-0.2, 0) is 16.0 Å². The van der Waals surface area contributed by atoms with Gasteiger partial charge in [-0.2, -0.15) is 0 Å². The summed E-state index contributed by atoms with van der Waals surface area (Å²) in [4.78, 5) is 28.3. The maximum atomic E-state index is 12.9. The number of nitrogens with zero attached hydrogens (tertiary/aromatic N) is 6. The fourth-order valence-electron chi connectivity index (χ4n) is 2.65. The predicted octanol–water partition coefficient (Wildman–Crippen LogP) is 0.784. The van der Waals surface area contributed by atoms with Crippen molar-refractivity contribution in [1.29, 1.82) is 0 Å². The van der Waals surface area contributed by atoms with Crippen molar-refractivity contribution >= 4 is 11.8 Å². The topological polar surface area (TPSA) is 84.2 Å². The first kappa shape index (κ1) is 18.6. The van der Waals surface area contributed by atoms with Gasteiger partial charge in [-0.1, -0.05) is 30.3 Å². The molecule has 2 amide bonds. The van der Waals surface area contributed by atoms with Gasteiger partial charge in [-0.15, -0.1) is 5.10 Å². The highest BCUT2D eigenvalue weighted by molar-refractivity contribution is 5.86. The first-order valence-electron chi connectivity index (χ1n) is 8.35. The molecule has 8 heteroatoms. The van der Waals surface area contributed by atoms with Crippen molar-refractivity contribution in [2.75, 3.05) is 26.7 Å². The van der Waals surface area contributed by atoms with Crippen LogP contribution in [-0.4, -0.2) is 68.5 Å². The van der Waals surface area contributed by atoms with E-state index in [1.165, 1.54) is 15.9 Å². The number of hydrogen-bond acceptors (Lipinski definition) is 5. The van der Waals surface area contributed by atoms with Crippen LogP contribution in [0.4, 0.5) is 0 Å². The lowest BCUT2D eigenvalue weighted by Gasteiger charge is -2.26. The molecule has 0 bridgehead atoms. The van der Waals surface area contributed by atoms with Crippen LogP contribution in [0.25, 0.3) is 0 Å². The normalized spacial score (nSPS) is 11.8. The Morgan fingerprint density at radius 3 is 2.40 bits per heavy atom. The SMILES string of the molecule is CCN(CC)C(=O)CN(C)C(=O)C(Cc1ccccc1)n1cnnn1. The third kappa shape index (κ3) is 4.85. The van der Waals surface area contributed by atoms with Gasteiger partial charge < -0.3 is 9.80 Å². The van der Waals surface area contributed by atoms with Crippen molar-refractivity contribution in [3.63, 3.8) is 0 Å². The molecule has 1 aromatic carbocycles. The van der Waals surface area contributed by atoms with E-state index in [1.54, 1.807) is 11.9 Å². The standard InChI is InChI=1S/C17H24N6O2/c1-4-22(5-2)16(24)12-21(3)17(25)15(23-13-18-19-20-23)11-14-9-7-6-8-10-14/h6-10,13,15H,4-5,11-12H2,1-3H3. The van der Waals surface area contributed by atoms with E-state index >= 15 is 0 Å². The van der Waals surface area contributed by atoms with Gasteiger partial charge in [0.1, 0.15) is 12.4 Å². The summed E-state index contributed by atoms with van der Waals surface area (Å²) in [5, 5.41) is 11.1. The Balaban J connectivity index is 2.13. The fourth-order valence-corrected chi connectivity index (χ4v) is 2.65. The second-order valence-corrected chi connectivity index (χ2v) is 5.76. The van der Waals surface area contributed by atoms with Crippen LogP contribution in [0.3, 0.4) is 0 Å². The van der Waals surface area contributed by atoms with E-state index in [2.05, 4.69) is 15.5 Å². The van der Waals surface area contributed by atoms with Crippen molar-refractivity contribution in [1.82, 2.24) is 30.0 Å². The average molecular weight is 344 g/mol. The monoisotopic (exact) mass is 344 g/mol. The van der Waals surface area contributed by atoms with E-state index in [0.717, 1.165) is 5.56 Å². The molecule has 2 aromatic rings. The van der Waals surface area contributed by atoms with Crippen LogP contribution >= 0.6 is 0 Å². The lowest BCUT2D eigenvalue weighted by atomic mass is 10.1. The first-order valence-corrected chi connectivity index (χ1v) is 8.35. The Morgan fingerprint density at radius 1 is 1.16 bits per heavy atom. The van der Waals surface area contributed by atoms with Crippen LogP contribution in [0.1, 0.15) is 25.5 Å². The minimum absolute atomic E-state index is 0.0356. The number of tetrazole rings is 1. The molecule has 0 fully saturated rings. The molecule has 1 aromatic heterocycles. The smallest absolute Gasteiger partial charge is 0.248 e. The van der Waals surface area contributed by atoms with Gasteiger partial charge in [-0.3, -0.25) is 9.59 Å². The minimum atomic E-state index is -0.591. The average Bonchev–Trinajstić information content (AvgIpc) is 3.15. The number of amides is 2. The highest BCUT2D eigenvalue weighted by atomic mass is 16.2. The zero-order valence-electron chi connectivity index (χ0n) is 14.9. The van der Waals surface area contributed by atoms with Gasteiger partial charge in [0.25, 0.3) is 0 Å². The molecule has 0 aliphatic carbocycles. The van der Waals surface area contributed by atoms with E-state index < -0.39 is 6.04 Å². The summed E-state index contributed by atoms with van der Waals surface area (Å²) < 4.78 is 1.44. The highest BCUT2D eigenvalue weighted by Crippen LogP contribution is 2.15. The molecule has 0 saturated heterocycles. The molecule has 1 heterocycles. The fraction of sp³-hybridized carbons (Fsp3) is 0.471. The molecule has 0 aliphatic rings. The second-order valence-electron chi connectivity index (χ2n) is 5.76. The second kappa shape index (κ2) is 8.91. The summed E-state index contributed by atoms with van der Waals surface area (Å²) in [6, 6.07) is 9.07. The van der Waals surface area contributed by atoms with E-state index in [-0.39, 0.29) is 18.4 Å². The Morgan fingerprint density at radius 2 is 1.84 bits per heavy atom. The number of hydrogen-bond donors (Lipinski definition) is 0. The summed E-state index contributed by atoms with van der Waals surface area (Å²) in [6.45, 7) is 5.12. The molecule has 0 N–H and O–H groups in total. The molecule has 134 valence electrons. The quantitative estimate of drug-likeness (QED) is 0.707. The third-order valence-corrected chi connectivity index (χ3v) is 4.11. The summed E-state index contributed by atoms with van der Waals surface area (Å²) in [6.07, 6.45) is 1.88. The predicted molar refractivity (Wildman–Crippen MR) is 92.6 cm³/mol. The van der Waals surface area contributed by atoms with Gasteiger partial charge >= 0.3 is 0 Å². The Hall–Kier alpha value is -2.77. The van der Waals surface area contributed by atoms with Gasteiger partial charge in [-0.25, -0.2) is 4.68 Å². The molecule has 1 unspecified atom stereocenters. The maximum absolute atomic E-state index is 12.9. The molecule has 2 rings (SSSR count). The number of carbonyl (C=O) groups excluding carboxylic acids is 2. The van der Waals surface area contributed by atoms with Crippen LogP contribution in [0.5, 0.6) is 0 Å². The highest BCUT2D eigenvalue weighted by Gasteiger charge is 2.27. The Bertz CT molecular complexity index is 670.